The number of methoxy groups -OCH3 is 1. The fourth-order valence-electron chi connectivity index (χ4n) is 3.76. The largest absolute Gasteiger partial charge is 0.497 e. The Labute approximate surface area is 203 Å². The van der Waals surface area contributed by atoms with Crippen LogP contribution in [0.15, 0.2) is 47.6 Å². The highest BCUT2D eigenvalue weighted by atomic mass is 32.2. The minimum Gasteiger partial charge on any atom is -0.497 e. The summed E-state index contributed by atoms with van der Waals surface area (Å²) >= 11 is 3.39. The van der Waals surface area contributed by atoms with Crippen LogP contribution in [0.1, 0.15) is 17.0 Å². The molecule has 1 aliphatic rings. The maximum Gasteiger partial charge on any atom is 0.234 e. The van der Waals surface area contributed by atoms with Crippen LogP contribution in [0.25, 0.3) is 5.69 Å². The number of nitrogens with zero attached hydrogens (tertiary/aromatic N) is 4. The van der Waals surface area contributed by atoms with E-state index in [1.165, 1.54) is 28.8 Å². The summed E-state index contributed by atoms with van der Waals surface area (Å²) in [6, 6.07) is 14.0. The lowest BCUT2D eigenvalue weighted by Gasteiger charge is -2.26. The van der Waals surface area contributed by atoms with E-state index in [-0.39, 0.29) is 11.7 Å². The zero-order valence-corrected chi connectivity index (χ0v) is 20.8. The molecule has 0 radical (unpaired) electrons. The maximum absolute atomic E-state index is 12.7. The van der Waals surface area contributed by atoms with E-state index in [0.717, 1.165) is 48.1 Å². The molecule has 7 nitrogen and oxygen atoms in total. The van der Waals surface area contributed by atoms with E-state index < -0.39 is 0 Å². The number of benzene rings is 2. The number of amides is 1. The summed E-state index contributed by atoms with van der Waals surface area (Å²) in [5.74, 6) is 4.15. The van der Waals surface area contributed by atoms with Gasteiger partial charge in [-0.2, -0.15) is 11.8 Å². The molecule has 4 rings (SSSR count). The molecule has 0 atom stereocenters. The molecule has 2 aromatic carbocycles. The van der Waals surface area contributed by atoms with Crippen LogP contribution < -0.4 is 10.1 Å². The zero-order valence-electron chi connectivity index (χ0n) is 19.2. The number of hydrogen-bond donors (Lipinski definition) is 1. The molecule has 0 bridgehead atoms. The van der Waals surface area contributed by atoms with E-state index in [4.69, 9.17) is 4.74 Å². The molecule has 1 amide bonds. The van der Waals surface area contributed by atoms with Gasteiger partial charge < -0.3 is 10.1 Å². The molecular weight excluding hydrogens is 454 g/mol. The van der Waals surface area contributed by atoms with E-state index in [0.29, 0.717) is 5.16 Å². The van der Waals surface area contributed by atoms with E-state index >= 15 is 0 Å². The Balaban J connectivity index is 1.36. The van der Waals surface area contributed by atoms with Crippen LogP contribution >= 0.6 is 23.5 Å². The Morgan fingerprint density at radius 2 is 1.88 bits per heavy atom. The van der Waals surface area contributed by atoms with Gasteiger partial charge in [-0.15, -0.1) is 10.2 Å². The zero-order chi connectivity index (χ0) is 23.2. The average molecular weight is 484 g/mol. The first kappa shape index (κ1) is 23.7. The Bertz CT molecular complexity index is 1090. The monoisotopic (exact) mass is 483 g/mol. The normalized spacial score (nSPS) is 14.3. The van der Waals surface area contributed by atoms with Gasteiger partial charge in [0, 0.05) is 42.5 Å². The average Bonchev–Trinajstić information content (AvgIpc) is 3.20. The quantitative estimate of drug-likeness (QED) is 0.482. The van der Waals surface area contributed by atoms with Crippen LogP contribution in [0.2, 0.25) is 0 Å². The highest BCUT2D eigenvalue weighted by Gasteiger charge is 2.15. The van der Waals surface area contributed by atoms with Crippen molar-refractivity contribution in [2.75, 3.05) is 42.8 Å². The number of ether oxygens (including phenoxy) is 1. The van der Waals surface area contributed by atoms with Gasteiger partial charge >= 0.3 is 0 Å². The number of carbonyl (C=O) groups is 1. The summed E-state index contributed by atoms with van der Waals surface area (Å²) in [5.41, 5.74) is 4.15. The van der Waals surface area contributed by atoms with Gasteiger partial charge in [0.25, 0.3) is 0 Å². The third-order valence-corrected chi connectivity index (χ3v) is 7.40. The van der Waals surface area contributed by atoms with Crippen molar-refractivity contribution >= 4 is 35.1 Å². The summed E-state index contributed by atoms with van der Waals surface area (Å²) in [7, 11) is 1.64. The Hall–Kier alpha value is -2.49. The molecule has 1 aliphatic heterocycles. The number of rotatable bonds is 8. The van der Waals surface area contributed by atoms with Gasteiger partial charge in [0.05, 0.1) is 12.9 Å². The second-order valence-corrected chi connectivity index (χ2v) is 10.1. The number of thioether (sulfide) groups is 2. The van der Waals surface area contributed by atoms with Crippen molar-refractivity contribution in [2.45, 2.75) is 25.5 Å². The summed E-state index contributed by atoms with van der Waals surface area (Å²) < 4.78 is 7.18. The number of aryl methyl sites for hydroxylation is 2. The molecule has 3 aromatic rings. The van der Waals surface area contributed by atoms with Gasteiger partial charge in [-0.25, -0.2) is 0 Å². The highest BCUT2D eigenvalue weighted by molar-refractivity contribution is 7.99. The Morgan fingerprint density at radius 3 is 2.58 bits per heavy atom. The standard InChI is InChI=1S/C24H29N5O2S2/c1-17-14-19(15-28-10-12-32-13-11-28)4-9-22(17)25-23(30)16-33-24-27-26-18(2)29(24)20-5-7-21(31-3)8-6-20/h4-9,14H,10-13,15-16H2,1-3H3,(H,25,30). The summed E-state index contributed by atoms with van der Waals surface area (Å²) in [4.78, 5) is 15.1. The molecule has 0 unspecified atom stereocenters. The highest BCUT2D eigenvalue weighted by Crippen LogP contribution is 2.24. The molecule has 0 aliphatic carbocycles. The van der Waals surface area contributed by atoms with Crippen molar-refractivity contribution in [3.05, 3.63) is 59.4 Å². The van der Waals surface area contributed by atoms with Crippen molar-refractivity contribution in [1.82, 2.24) is 19.7 Å². The fourth-order valence-corrected chi connectivity index (χ4v) is 5.54. The third-order valence-electron chi connectivity index (χ3n) is 5.53. The number of anilines is 1. The Morgan fingerprint density at radius 1 is 1.12 bits per heavy atom. The minimum absolute atomic E-state index is 0.0640. The van der Waals surface area contributed by atoms with Gasteiger partial charge in [0.1, 0.15) is 11.6 Å². The topological polar surface area (TPSA) is 72.3 Å². The van der Waals surface area contributed by atoms with E-state index in [1.54, 1.807) is 7.11 Å². The predicted molar refractivity (Wildman–Crippen MR) is 136 cm³/mol. The van der Waals surface area contributed by atoms with Crippen molar-refractivity contribution in [2.24, 2.45) is 0 Å². The summed E-state index contributed by atoms with van der Waals surface area (Å²) in [6.45, 7) is 7.18. The van der Waals surface area contributed by atoms with Crippen LogP contribution in [-0.4, -0.2) is 63.0 Å². The third kappa shape index (κ3) is 6.10. The first-order valence-corrected chi connectivity index (χ1v) is 13.1. The van der Waals surface area contributed by atoms with Crippen molar-refractivity contribution in [3.8, 4) is 11.4 Å². The van der Waals surface area contributed by atoms with Crippen molar-refractivity contribution in [3.63, 3.8) is 0 Å². The van der Waals surface area contributed by atoms with Gasteiger partial charge in [0.2, 0.25) is 5.91 Å². The Kier molecular flexibility index (Phi) is 7.95. The first-order valence-electron chi connectivity index (χ1n) is 10.9. The van der Waals surface area contributed by atoms with E-state index in [9.17, 15) is 4.79 Å². The fraction of sp³-hybridized carbons (Fsp3) is 0.375. The van der Waals surface area contributed by atoms with Crippen LogP contribution in [-0.2, 0) is 11.3 Å². The van der Waals surface area contributed by atoms with E-state index in [2.05, 4.69) is 32.5 Å². The molecule has 1 saturated heterocycles. The predicted octanol–water partition coefficient (Wildman–Crippen LogP) is 4.17. The number of hydrogen-bond acceptors (Lipinski definition) is 7. The molecule has 0 saturated carbocycles. The minimum atomic E-state index is -0.0640. The molecular formula is C24H29N5O2S2. The van der Waals surface area contributed by atoms with Crippen LogP contribution in [0, 0.1) is 13.8 Å². The van der Waals surface area contributed by atoms with Gasteiger partial charge in [-0.3, -0.25) is 14.3 Å². The SMILES string of the molecule is COc1ccc(-n2c(C)nnc2SCC(=O)Nc2ccc(CN3CCSCC3)cc2C)cc1. The number of carbonyl (C=O) groups excluding carboxylic acids is 1. The molecule has 0 spiro atoms. The van der Waals surface area contributed by atoms with Crippen molar-refractivity contribution in [1.29, 1.82) is 0 Å². The molecule has 1 aromatic heterocycles. The van der Waals surface area contributed by atoms with Crippen LogP contribution in [0.5, 0.6) is 5.75 Å². The molecule has 1 fully saturated rings. The van der Waals surface area contributed by atoms with Crippen molar-refractivity contribution < 1.29 is 9.53 Å². The second kappa shape index (κ2) is 11.1. The first-order chi connectivity index (χ1) is 16.0. The summed E-state index contributed by atoms with van der Waals surface area (Å²) in [6.07, 6.45) is 0. The number of aromatic nitrogens is 3. The van der Waals surface area contributed by atoms with Crippen LogP contribution in [0.3, 0.4) is 0 Å². The van der Waals surface area contributed by atoms with Gasteiger partial charge in [-0.05, 0) is 55.3 Å². The molecule has 1 N–H and O–H groups in total. The summed E-state index contributed by atoms with van der Waals surface area (Å²) in [5, 5.41) is 12.2. The van der Waals surface area contributed by atoms with Gasteiger partial charge in [-0.1, -0.05) is 23.9 Å². The van der Waals surface area contributed by atoms with Crippen LogP contribution in [0.4, 0.5) is 5.69 Å². The smallest absolute Gasteiger partial charge is 0.234 e. The lowest BCUT2D eigenvalue weighted by molar-refractivity contribution is -0.113. The van der Waals surface area contributed by atoms with E-state index in [1.807, 2.05) is 60.5 Å². The lowest BCUT2D eigenvalue weighted by Crippen LogP contribution is -2.31. The molecule has 174 valence electrons. The molecule has 9 heteroatoms. The maximum atomic E-state index is 12.7. The lowest BCUT2D eigenvalue weighted by atomic mass is 10.1. The molecule has 2 heterocycles. The molecule has 33 heavy (non-hydrogen) atoms. The number of nitrogens with one attached hydrogen (secondary N) is 1. The second-order valence-electron chi connectivity index (χ2n) is 7.94. The van der Waals surface area contributed by atoms with Gasteiger partial charge in [0.15, 0.2) is 5.16 Å².